The molecule has 0 aromatic rings. The fraction of sp³-hybridized carbons (Fsp3) is 0.896. The number of hydrogen-bond donors (Lipinski definition) is 3. The zero-order valence-electron chi connectivity index (χ0n) is 35.3. The lowest BCUT2D eigenvalue weighted by Gasteiger charge is -2.20. The van der Waals surface area contributed by atoms with Gasteiger partial charge in [-0.1, -0.05) is 231 Å². The number of rotatable bonds is 43. The number of aliphatic hydroxyl groups excluding tert-OH is 2. The molecule has 2 atom stereocenters. The van der Waals surface area contributed by atoms with Crippen LogP contribution in [0.5, 0.6) is 0 Å². The van der Waals surface area contributed by atoms with Gasteiger partial charge in [0.15, 0.2) is 0 Å². The minimum absolute atomic E-state index is 0.0694. The van der Waals surface area contributed by atoms with Crippen LogP contribution in [-0.2, 0) is 4.79 Å². The van der Waals surface area contributed by atoms with E-state index in [-0.39, 0.29) is 12.5 Å². The Balaban J connectivity index is 3.54. The maximum absolute atomic E-state index is 12.4. The van der Waals surface area contributed by atoms with Crippen LogP contribution < -0.4 is 5.32 Å². The second-order valence-corrected chi connectivity index (χ2v) is 16.2. The monoisotopic (exact) mass is 732 g/mol. The van der Waals surface area contributed by atoms with Crippen molar-refractivity contribution in [3.05, 3.63) is 24.3 Å². The average molecular weight is 732 g/mol. The van der Waals surface area contributed by atoms with Crippen LogP contribution in [0.4, 0.5) is 0 Å². The van der Waals surface area contributed by atoms with Gasteiger partial charge in [0.1, 0.15) is 0 Å². The molecule has 0 spiro atoms. The van der Waals surface area contributed by atoms with Crippen LogP contribution in [0.1, 0.15) is 258 Å². The van der Waals surface area contributed by atoms with Crippen molar-refractivity contribution in [2.24, 2.45) is 0 Å². The lowest BCUT2D eigenvalue weighted by Crippen LogP contribution is -2.45. The van der Waals surface area contributed by atoms with E-state index in [1.165, 1.54) is 205 Å². The predicted molar refractivity (Wildman–Crippen MR) is 230 cm³/mol. The SMILES string of the molecule is CCCCCCCCCCC/C=C\CCCCCCCC(=O)NC(CO)C(O)/C=C/CCCCCCCCCCCCCCCCCCCCCC. The Kier molecular flexibility index (Phi) is 43.3. The summed E-state index contributed by atoms with van der Waals surface area (Å²) < 4.78 is 0. The third-order valence-corrected chi connectivity index (χ3v) is 10.9. The Morgan fingerprint density at radius 1 is 0.442 bits per heavy atom. The Bertz CT molecular complexity index is 750. The Morgan fingerprint density at radius 3 is 1.06 bits per heavy atom. The fourth-order valence-corrected chi connectivity index (χ4v) is 7.29. The van der Waals surface area contributed by atoms with E-state index in [0.29, 0.717) is 6.42 Å². The number of carbonyl (C=O) groups excluding carboxylic acids is 1. The zero-order chi connectivity index (χ0) is 37.8. The van der Waals surface area contributed by atoms with E-state index in [9.17, 15) is 15.0 Å². The van der Waals surface area contributed by atoms with Gasteiger partial charge in [-0.15, -0.1) is 0 Å². The molecule has 0 saturated carbocycles. The molecule has 0 fully saturated rings. The van der Waals surface area contributed by atoms with E-state index in [1.54, 1.807) is 6.08 Å². The molecular formula is C48H93NO3. The molecular weight excluding hydrogens is 639 g/mol. The molecule has 4 nitrogen and oxygen atoms in total. The molecule has 0 heterocycles. The Morgan fingerprint density at radius 2 is 0.731 bits per heavy atom. The molecule has 2 unspecified atom stereocenters. The predicted octanol–water partition coefficient (Wildman–Crippen LogP) is 14.8. The minimum atomic E-state index is -0.840. The van der Waals surface area contributed by atoms with Gasteiger partial charge < -0.3 is 15.5 Å². The molecule has 0 radical (unpaired) electrons. The van der Waals surface area contributed by atoms with Gasteiger partial charge in [0.25, 0.3) is 0 Å². The summed E-state index contributed by atoms with van der Waals surface area (Å²) in [5.74, 6) is -0.0694. The number of hydrogen-bond acceptors (Lipinski definition) is 3. The third-order valence-electron chi connectivity index (χ3n) is 10.9. The molecule has 4 heteroatoms. The van der Waals surface area contributed by atoms with Crippen molar-refractivity contribution < 1.29 is 15.0 Å². The van der Waals surface area contributed by atoms with Crippen LogP contribution in [0.3, 0.4) is 0 Å². The molecule has 0 aliphatic heterocycles. The van der Waals surface area contributed by atoms with Crippen molar-refractivity contribution in [1.29, 1.82) is 0 Å². The van der Waals surface area contributed by atoms with Crippen LogP contribution in [0.25, 0.3) is 0 Å². The number of unbranched alkanes of at least 4 members (excludes halogenated alkanes) is 34. The molecule has 0 aliphatic rings. The highest BCUT2D eigenvalue weighted by Crippen LogP contribution is 2.16. The first-order valence-electron chi connectivity index (χ1n) is 23.6. The molecule has 52 heavy (non-hydrogen) atoms. The van der Waals surface area contributed by atoms with Crippen LogP contribution in [-0.4, -0.2) is 34.9 Å². The summed E-state index contributed by atoms with van der Waals surface area (Å²) in [6.07, 6.45) is 57.2. The maximum atomic E-state index is 12.4. The van der Waals surface area contributed by atoms with E-state index < -0.39 is 12.1 Å². The minimum Gasteiger partial charge on any atom is -0.394 e. The summed E-state index contributed by atoms with van der Waals surface area (Å²) in [6, 6.07) is -0.624. The van der Waals surface area contributed by atoms with Crippen LogP contribution in [0, 0.1) is 0 Å². The highest BCUT2D eigenvalue weighted by atomic mass is 16.3. The summed E-state index contributed by atoms with van der Waals surface area (Å²) in [5, 5.41) is 23.1. The topological polar surface area (TPSA) is 69.6 Å². The number of allylic oxidation sites excluding steroid dienone is 3. The van der Waals surface area contributed by atoms with Crippen molar-refractivity contribution in [3.63, 3.8) is 0 Å². The smallest absolute Gasteiger partial charge is 0.220 e. The van der Waals surface area contributed by atoms with Gasteiger partial charge in [-0.25, -0.2) is 0 Å². The third kappa shape index (κ3) is 40.1. The van der Waals surface area contributed by atoms with Gasteiger partial charge in [-0.2, -0.15) is 0 Å². The number of aliphatic hydroxyl groups is 2. The summed E-state index contributed by atoms with van der Waals surface area (Å²) in [4.78, 5) is 12.4. The second-order valence-electron chi connectivity index (χ2n) is 16.2. The van der Waals surface area contributed by atoms with Crippen molar-refractivity contribution in [1.82, 2.24) is 5.32 Å². The molecule has 0 rings (SSSR count). The van der Waals surface area contributed by atoms with Gasteiger partial charge in [0, 0.05) is 6.42 Å². The highest BCUT2D eigenvalue weighted by molar-refractivity contribution is 5.76. The van der Waals surface area contributed by atoms with Crippen molar-refractivity contribution in [2.75, 3.05) is 6.61 Å². The summed E-state index contributed by atoms with van der Waals surface area (Å²) >= 11 is 0. The molecule has 0 aromatic heterocycles. The standard InChI is InChI=1S/C48H93NO3/c1-3-5-7-9-11-13-15-17-19-21-23-24-25-26-27-29-31-33-35-37-39-41-43-47(51)46(45-50)49-48(52)44-42-40-38-36-34-32-30-28-22-20-18-16-14-12-10-8-6-4-2/h28,30,41,43,46-47,50-51H,3-27,29,31-40,42,44-45H2,1-2H3,(H,49,52)/b30-28-,43-41+. The highest BCUT2D eigenvalue weighted by Gasteiger charge is 2.17. The van der Waals surface area contributed by atoms with Gasteiger partial charge >= 0.3 is 0 Å². The lowest BCUT2D eigenvalue weighted by molar-refractivity contribution is -0.123. The van der Waals surface area contributed by atoms with E-state index in [0.717, 1.165) is 32.1 Å². The first-order chi connectivity index (χ1) is 25.7. The van der Waals surface area contributed by atoms with Gasteiger partial charge in [-0.3, -0.25) is 4.79 Å². The van der Waals surface area contributed by atoms with E-state index >= 15 is 0 Å². The molecule has 3 N–H and O–H groups in total. The zero-order valence-corrected chi connectivity index (χ0v) is 35.3. The Hall–Kier alpha value is -1.13. The van der Waals surface area contributed by atoms with Gasteiger partial charge in [0.2, 0.25) is 5.91 Å². The molecule has 308 valence electrons. The summed E-state index contributed by atoms with van der Waals surface area (Å²) in [6.45, 7) is 4.33. The largest absolute Gasteiger partial charge is 0.394 e. The normalized spacial score (nSPS) is 13.1. The first kappa shape index (κ1) is 50.9. The summed E-state index contributed by atoms with van der Waals surface area (Å²) in [5.41, 5.74) is 0. The van der Waals surface area contributed by atoms with Crippen molar-refractivity contribution in [3.8, 4) is 0 Å². The lowest BCUT2D eigenvalue weighted by atomic mass is 10.0. The summed E-state index contributed by atoms with van der Waals surface area (Å²) in [7, 11) is 0. The van der Waals surface area contributed by atoms with E-state index in [2.05, 4.69) is 31.3 Å². The van der Waals surface area contributed by atoms with Crippen LogP contribution in [0.2, 0.25) is 0 Å². The quantitative estimate of drug-likeness (QED) is 0.0432. The second kappa shape index (κ2) is 44.3. The van der Waals surface area contributed by atoms with Crippen molar-refractivity contribution in [2.45, 2.75) is 270 Å². The molecule has 1 amide bonds. The van der Waals surface area contributed by atoms with Gasteiger partial charge in [-0.05, 0) is 44.9 Å². The van der Waals surface area contributed by atoms with Crippen LogP contribution >= 0.6 is 0 Å². The van der Waals surface area contributed by atoms with Crippen LogP contribution in [0.15, 0.2) is 24.3 Å². The number of amides is 1. The molecule has 0 saturated heterocycles. The van der Waals surface area contributed by atoms with Gasteiger partial charge in [0.05, 0.1) is 18.8 Å². The van der Waals surface area contributed by atoms with Crippen molar-refractivity contribution >= 4 is 5.91 Å². The number of carbonyl (C=O) groups is 1. The molecule has 0 aromatic carbocycles. The molecule has 0 bridgehead atoms. The van der Waals surface area contributed by atoms with E-state index in [4.69, 9.17) is 0 Å². The average Bonchev–Trinajstić information content (AvgIpc) is 3.15. The number of nitrogens with one attached hydrogen (secondary N) is 1. The Labute approximate surface area is 326 Å². The first-order valence-corrected chi connectivity index (χ1v) is 23.6. The fourth-order valence-electron chi connectivity index (χ4n) is 7.29. The molecule has 0 aliphatic carbocycles. The van der Waals surface area contributed by atoms with E-state index in [1.807, 2.05) is 6.08 Å². The maximum Gasteiger partial charge on any atom is 0.220 e.